The maximum absolute atomic E-state index is 11.5. The van der Waals surface area contributed by atoms with Crippen LogP contribution in [-0.2, 0) is 4.79 Å². The van der Waals surface area contributed by atoms with Gasteiger partial charge in [0.2, 0.25) is 0 Å². The second-order valence-corrected chi connectivity index (χ2v) is 4.73. The van der Waals surface area contributed by atoms with Crippen molar-refractivity contribution in [3.8, 4) is 5.75 Å². The van der Waals surface area contributed by atoms with Crippen molar-refractivity contribution < 1.29 is 9.53 Å². The third kappa shape index (κ3) is 3.48. The van der Waals surface area contributed by atoms with Gasteiger partial charge in [-0.25, -0.2) is 0 Å². The van der Waals surface area contributed by atoms with Crippen molar-refractivity contribution in [3.63, 3.8) is 0 Å². The molecule has 1 N–H and O–H groups in total. The Bertz CT molecular complexity index is 411. The molecule has 0 aromatic heterocycles. The summed E-state index contributed by atoms with van der Waals surface area (Å²) in [6.07, 6.45) is 2.50. The normalized spacial score (nSPS) is 14.5. The maximum atomic E-state index is 11.5. The molecule has 0 heterocycles. The Morgan fingerprint density at radius 3 is 2.88 bits per heavy atom. The monoisotopic (exact) mass is 233 g/mol. The third-order valence-electron chi connectivity index (χ3n) is 3.20. The van der Waals surface area contributed by atoms with Crippen LogP contribution in [0.3, 0.4) is 0 Å². The number of nitrogens with one attached hydrogen (secondary N) is 1. The molecule has 1 aromatic carbocycles. The number of aryl methyl sites for hydroxylation is 1. The van der Waals surface area contributed by atoms with Gasteiger partial charge in [-0.15, -0.1) is 0 Å². The Morgan fingerprint density at radius 2 is 2.18 bits per heavy atom. The number of benzene rings is 1. The van der Waals surface area contributed by atoms with E-state index >= 15 is 0 Å². The van der Waals surface area contributed by atoms with Crippen LogP contribution in [-0.4, -0.2) is 19.1 Å². The van der Waals surface area contributed by atoms with Crippen molar-refractivity contribution in [1.82, 2.24) is 5.32 Å². The fraction of sp³-hybridized carbons (Fsp3) is 0.500. The van der Waals surface area contributed by atoms with Gasteiger partial charge in [-0.1, -0.05) is 12.1 Å². The molecular formula is C14H19NO2. The van der Waals surface area contributed by atoms with Crippen LogP contribution in [0.4, 0.5) is 0 Å². The highest BCUT2D eigenvalue weighted by Gasteiger charge is 2.21. The summed E-state index contributed by atoms with van der Waals surface area (Å²) in [5.74, 6) is 1.48. The molecule has 2 rings (SSSR count). The van der Waals surface area contributed by atoms with Gasteiger partial charge in [0.1, 0.15) is 5.75 Å². The summed E-state index contributed by atoms with van der Waals surface area (Å²) in [6, 6.07) is 5.88. The number of hydrogen-bond donors (Lipinski definition) is 1. The minimum Gasteiger partial charge on any atom is -0.483 e. The van der Waals surface area contributed by atoms with Gasteiger partial charge < -0.3 is 10.1 Å². The number of carbonyl (C=O) groups excluding carboxylic acids is 1. The molecule has 0 bridgehead atoms. The fourth-order valence-electron chi connectivity index (χ4n) is 1.66. The highest BCUT2D eigenvalue weighted by molar-refractivity contribution is 5.77. The van der Waals surface area contributed by atoms with Crippen LogP contribution in [0.1, 0.15) is 24.0 Å². The number of hydrogen-bond acceptors (Lipinski definition) is 2. The molecular weight excluding hydrogens is 214 g/mol. The van der Waals surface area contributed by atoms with Gasteiger partial charge >= 0.3 is 0 Å². The second kappa shape index (κ2) is 5.21. The van der Waals surface area contributed by atoms with Crippen LogP contribution in [0.2, 0.25) is 0 Å². The lowest BCUT2D eigenvalue weighted by atomic mass is 10.1. The van der Waals surface area contributed by atoms with Crippen molar-refractivity contribution in [2.45, 2.75) is 26.7 Å². The SMILES string of the molecule is Cc1cccc(OCC(=O)NCC2CC2)c1C. The minimum absolute atomic E-state index is 0.0298. The predicted molar refractivity (Wildman–Crippen MR) is 67.1 cm³/mol. The van der Waals surface area contributed by atoms with Gasteiger partial charge in [0, 0.05) is 6.54 Å². The van der Waals surface area contributed by atoms with Crippen LogP contribution in [0.15, 0.2) is 18.2 Å². The Hall–Kier alpha value is -1.51. The van der Waals surface area contributed by atoms with Crippen LogP contribution < -0.4 is 10.1 Å². The van der Waals surface area contributed by atoms with Gasteiger partial charge in [0.25, 0.3) is 5.91 Å². The molecule has 0 unspecified atom stereocenters. The second-order valence-electron chi connectivity index (χ2n) is 4.73. The Kier molecular flexibility index (Phi) is 3.67. The van der Waals surface area contributed by atoms with Crippen molar-refractivity contribution in [2.75, 3.05) is 13.2 Å². The van der Waals surface area contributed by atoms with E-state index in [1.165, 1.54) is 18.4 Å². The topological polar surface area (TPSA) is 38.3 Å². The smallest absolute Gasteiger partial charge is 0.257 e. The molecule has 92 valence electrons. The highest BCUT2D eigenvalue weighted by Crippen LogP contribution is 2.27. The lowest BCUT2D eigenvalue weighted by molar-refractivity contribution is -0.123. The van der Waals surface area contributed by atoms with E-state index in [0.717, 1.165) is 17.9 Å². The zero-order valence-corrected chi connectivity index (χ0v) is 10.5. The molecule has 17 heavy (non-hydrogen) atoms. The average Bonchev–Trinajstić information content (AvgIpc) is 3.12. The number of rotatable bonds is 5. The molecule has 1 fully saturated rings. The van der Waals surface area contributed by atoms with Gasteiger partial charge in [-0.05, 0) is 49.8 Å². The first-order valence-corrected chi connectivity index (χ1v) is 6.12. The van der Waals surface area contributed by atoms with Crippen LogP contribution in [0, 0.1) is 19.8 Å². The Balaban J connectivity index is 1.79. The summed E-state index contributed by atoms with van der Waals surface area (Å²) in [4.78, 5) is 11.5. The first kappa shape index (κ1) is 12.0. The van der Waals surface area contributed by atoms with Crippen molar-refractivity contribution in [2.24, 2.45) is 5.92 Å². The number of amides is 1. The van der Waals surface area contributed by atoms with E-state index in [1.54, 1.807) is 0 Å². The summed E-state index contributed by atoms with van der Waals surface area (Å²) in [5.41, 5.74) is 2.28. The van der Waals surface area contributed by atoms with Gasteiger partial charge in [0.15, 0.2) is 6.61 Å². The fourth-order valence-corrected chi connectivity index (χ4v) is 1.66. The molecule has 1 saturated carbocycles. The summed E-state index contributed by atoms with van der Waals surface area (Å²) in [7, 11) is 0. The van der Waals surface area contributed by atoms with E-state index in [9.17, 15) is 4.79 Å². The summed E-state index contributed by atoms with van der Waals surface area (Å²) in [5, 5.41) is 2.88. The van der Waals surface area contributed by atoms with Gasteiger partial charge in [-0.3, -0.25) is 4.79 Å². The molecule has 0 aliphatic heterocycles. The molecule has 3 nitrogen and oxygen atoms in total. The molecule has 1 aromatic rings. The van der Waals surface area contributed by atoms with Gasteiger partial charge in [0.05, 0.1) is 0 Å². The molecule has 1 aliphatic carbocycles. The van der Waals surface area contributed by atoms with Crippen molar-refractivity contribution >= 4 is 5.91 Å². The van der Waals surface area contributed by atoms with Crippen LogP contribution in [0.5, 0.6) is 5.75 Å². The quantitative estimate of drug-likeness (QED) is 0.846. The van der Waals surface area contributed by atoms with E-state index in [4.69, 9.17) is 4.74 Å². The number of carbonyl (C=O) groups is 1. The molecule has 0 spiro atoms. The van der Waals surface area contributed by atoms with Crippen molar-refractivity contribution in [3.05, 3.63) is 29.3 Å². The number of ether oxygens (including phenoxy) is 1. The Morgan fingerprint density at radius 1 is 1.41 bits per heavy atom. The Labute approximate surface area is 102 Å². The first-order valence-electron chi connectivity index (χ1n) is 6.12. The third-order valence-corrected chi connectivity index (χ3v) is 3.20. The van der Waals surface area contributed by atoms with E-state index < -0.39 is 0 Å². The highest BCUT2D eigenvalue weighted by atomic mass is 16.5. The molecule has 3 heteroatoms. The van der Waals surface area contributed by atoms with Crippen molar-refractivity contribution in [1.29, 1.82) is 0 Å². The van der Waals surface area contributed by atoms with E-state index in [-0.39, 0.29) is 12.5 Å². The lowest BCUT2D eigenvalue weighted by Gasteiger charge is -2.10. The summed E-state index contributed by atoms with van der Waals surface area (Å²) >= 11 is 0. The lowest BCUT2D eigenvalue weighted by Crippen LogP contribution is -2.30. The first-order chi connectivity index (χ1) is 8.16. The summed E-state index contributed by atoms with van der Waals surface area (Å²) in [6.45, 7) is 4.95. The molecule has 1 aliphatic rings. The van der Waals surface area contributed by atoms with E-state index in [0.29, 0.717) is 5.92 Å². The van der Waals surface area contributed by atoms with Crippen LogP contribution in [0.25, 0.3) is 0 Å². The standard InChI is InChI=1S/C14H19NO2/c1-10-4-3-5-13(11(10)2)17-9-14(16)15-8-12-6-7-12/h3-5,12H,6-9H2,1-2H3,(H,15,16). The van der Waals surface area contributed by atoms with Crippen LogP contribution >= 0.6 is 0 Å². The van der Waals surface area contributed by atoms with E-state index in [1.807, 2.05) is 32.0 Å². The predicted octanol–water partition coefficient (Wildman–Crippen LogP) is 2.21. The molecule has 0 saturated heterocycles. The largest absolute Gasteiger partial charge is 0.483 e. The average molecular weight is 233 g/mol. The maximum Gasteiger partial charge on any atom is 0.257 e. The van der Waals surface area contributed by atoms with Gasteiger partial charge in [-0.2, -0.15) is 0 Å². The van der Waals surface area contributed by atoms with E-state index in [2.05, 4.69) is 5.32 Å². The molecule has 0 atom stereocenters. The molecule has 1 amide bonds. The zero-order chi connectivity index (χ0) is 12.3. The molecule has 0 radical (unpaired) electrons. The summed E-state index contributed by atoms with van der Waals surface area (Å²) < 4.78 is 5.52. The minimum atomic E-state index is -0.0298. The zero-order valence-electron chi connectivity index (χ0n) is 10.5.